The van der Waals surface area contributed by atoms with E-state index in [2.05, 4.69) is 13.8 Å². The molecule has 4 heteroatoms. The van der Waals surface area contributed by atoms with Crippen molar-refractivity contribution >= 4 is 11.9 Å². The number of benzene rings is 2. The Labute approximate surface area is 179 Å². The molecule has 2 saturated carbocycles. The van der Waals surface area contributed by atoms with E-state index in [1.54, 1.807) is 0 Å². The van der Waals surface area contributed by atoms with Crippen LogP contribution in [-0.2, 0) is 32.3 Å². The highest BCUT2D eigenvalue weighted by Gasteiger charge is 2.60. The molecule has 0 aliphatic heterocycles. The highest BCUT2D eigenvalue weighted by Crippen LogP contribution is 2.58. The van der Waals surface area contributed by atoms with Gasteiger partial charge in [-0.25, -0.2) is 0 Å². The molecular weight excluding hydrogens is 376 g/mol. The molecule has 0 radical (unpaired) electrons. The lowest BCUT2D eigenvalue weighted by Gasteiger charge is -2.35. The minimum Gasteiger partial charge on any atom is -0.461 e. The fourth-order valence-corrected chi connectivity index (χ4v) is 5.30. The predicted molar refractivity (Wildman–Crippen MR) is 116 cm³/mol. The zero-order valence-corrected chi connectivity index (χ0v) is 17.0. The van der Waals surface area contributed by atoms with E-state index in [-0.39, 0.29) is 44.4 Å². The smallest absolute Gasteiger partial charge is 0.310 e. The number of hydrogen-bond acceptors (Lipinski definition) is 4. The van der Waals surface area contributed by atoms with Gasteiger partial charge in [-0.1, -0.05) is 81.9 Å². The van der Waals surface area contributed by atoms with Crippen LogP contribution in [0.5, 0.6) is 0 Å². The van der Waals surface area contributed by atoms with Gasteiger partial charge >= 0.3 is 11.9 Å². The number of hydrogen-bond donors (Lipinski definition) is 0. The summed E-state index contributed by atoms with van der Waals surface area (Å²) in [5.41, 5.74) is 1.90. The second kappa shape index (κ2) is 9.46. The van der Waals surface area contributed by atoms with Crippen LogP contribution < -0.4 is 0 Å². The molecule has 2 aromatic rings. The molecule has 160 valence electrons. The third kappa shape index (κ3) is 4.28. The van der Waals surface area contributed by atoms with E-state index in [9.17, 15) is 9.59 Å². The van der Waals surface area contributed by atoms with E-state index in [0.29, 0.717) is 11.8 Å². The fourth-order valence-electron chi connectivity index (χ4n) is 5.30. The van der Waals surface area contributed by atoms with Crippen LogP contribution in [0.1, 0.15) is 38.8 Å². The van der Waals surface area contributed by atoms with Gasteiger partial charge in [0, 0.05) is 0 Å². The number of carbonyl (C=O) groups is 2. The monoisotopic (exact) mass is 408 g/mol. The molecule has 4 nitrogen and oxygen atoms in total. The van der Waals surface area contributed by atoms with E-state index in [0.717, 1.165) is 17.5 Å². The molecule has 4 unspecified atom stereocenters. The Hall–Kier alpha value is -2.62. The zero-order chi connectivity index (χ0) is 20.4. The Balaban J connectivity index is 0.00000256. The Morgan fingerprint density at radius 1 is 0.733 bits per heavy atom. The van der Waals surface area contributed by atoms with Crippen LogP contribution in [0.4, 0.5) is 0 Å². The average Bonchev–Trinajstić information content (AvgIpc) is 3.28. The summed E-state index contributed by atoms with van der Waals surface area (Å²) in [4.78, 5) is 26.0. The first-order chi connectivity index (χ1) is 14.1. The summed E-state index contributed by atoms with van der Waals surface area (Å²) in [6.07, 6.45) is 0.901. The summed E-state index contributed by atoms with van der Waals surface area (Å²) in [7, 11) is 0. The maximum Gasteiger partial charge on any atom is 0.310 e. The summed E-state index contributed by atoms with van der Waals surface area (Å²) in [6.45, 7) is 4.86. The number of rotatable bonds is 6. The largest absolute Gasteiger partial charge is 0.461 e. The van der Waals surface area contributed by atoms with Gasteiger partial charge in [0.15, 0.2) is 0 Å². The summed E-state index contributed by atoms with van der Waals surface area (Å²) < 4.78 is 11.3. The lowest BCUT2D eigenvalue weighted by molar-refractivity contribution is -0.167. The maximum atomic E-state index is 13.0. The van der Waals surface area contributed by atoms with Gasteiger partial charge in [-0.05, 0) is 41.2 Å². The maximum absolute atomic E-state index is 13.0. The van der Waals surface area contributed by atoms with Gasteiger partial charge in [0.2, 0.25) is 0 Å². The normalized spacial score (nSPS) is 29.1. The van der Waals surface area contributed by atoms with Crippen molar-refractivity contribution in [2.24, 2.45) is 35.5 Å². The van der Waals surface area contributed by atoms with Crippen molar-refractivity contribution in [1.29, 1.82) is 0 Å². The summed E-state index contributed by atoms with van der Waals surface area (Å²) in [5, 5.41) is 0. The predicted octanol–water partition coefficient (Wildman–Crippen LogP) is 5.26. The Bertz CT molecular complexity index is 776. The second-order valence-corrected chi connectivity index (χ2v) is 8.52. The lowest BCUT2D eigenvalue weighted by Crippen LogP contribution is -2.42. The number of ether oxygens (including phenoxy) is 2. The Kier molecular flexibility index (Phi) is 6.96. The fraction of sp³-hybridized carbons (Fsp3) is 0.462. The van der Waals surface area contributed by atoms with Crippen molar-refractivity contribution in [3.8, 4) is 0 Å². The van der Waals surface area contributed by atoms with Gasteiger partial charge in [-0.2, -0.15) is 0 Å². The molecule has 2 bridgehead atoms. The first-order valence-corrected chi connectivity index (χ1v) is 10.5. The molecule has 6 atom stereocenters. The number of esters is 2. The van der Waals surface area contributed by atoms with E-state index >= 15 is 0 Å². The molecule has 30 heavy (non-hydrogen) atoms. The SMILES string of the molecule is C.CC1C(C)C2CC1[C@@H](C(=O)OCc1ccccc1)[C@H]2C(=O)OCc1ccccc1. The summed E-state index contributed by atoms with van der Waals surface area (Å²) in [5.74, 6) is -0.139. The minimum absolute atomic E-state index is 0. The second-order valence-electron chi connectivity index (χ2n) is 8.52. The van der Waals surface area contributed by atoms with Crippen LogP contribution in [0.2, 0.25) is 0 Å². The quantitative estimate of drug-likeness (QED) is 0.612. The van der Waals surface area contributed by atoms with Crippen molar-refractivity contribution in [3.05, 3.63) is 71.8 Å². The zero-order valence-electron chi connectivity index (χ0n) is 17.0. The lowest BCUT2D eigenvalue weighted by atomic mass is 9.69. The van der Waals surface area contributed by atoms with Crippen LogP contribution >= 0.6 is 0 Å². The Morgan fingerprint density at radius 2 is 1.10 bits per heavy atom. The molecule has 2 aliphatic rings. The van der Waals surface area contributed by atoms with Crippen molar-refractivity contribution in [1.82, 2.24) is 0 Å². The molecule has 0 saturated heterocycles. The van der Waals surface area contributed by atoms with Gasteiger partial charge in [0.1, 0.15) is 13.2 Å². The molecule has 0 N–H and O–H groups in total. The molecule has 2 fully saturated rings. The van der Waals surface area contributed by atoms with Crippen LogP contribution in [-0.4, -0.2) is 11.9 Å². The molecule has 0 heterocycles. The molecule has 2 aliphatic carbocycles. The first kappa shape index (κ1) is 22.1. The molecule has 0 spiro atoms. The van der Waals surface area contributed by atoms with Crippen molar-refractivity contribution < 1.29 is 19.1 Å². The van der Waals surface area contributed by atoms with Crippen molar-refractivity contribution in [2.75, 3.05) is 0 Å². The van der Waals surface area contributed by atoms with Gasteiger partial charge in [0.05, 0.1) is 11.8 Å². The molecular formula is C26H32O4. The number of fused-ring (bicyclic) bond motifs is 2. The molecule has 0 aromatic heterocycles. The first-order valence-electron chi connectivity index (χ1n) is 10.5. The van der Waals surface area contributed by atoms with Crippen LogP contribution in [0.25, 0.3) is 0 Å². The summed E-state index contributed by atoms with van der Waals surface area (Å²) in [6, 6.07) is 19.3. The molecule has 2 aromatic carbocycles. The third-order valence-electron chi connectivity index (χ3n) is 7.03. The van der Waals surface area contributed by atoms with Gasteiger partial charge in [-0.3, -0.25) is 9.59 Å². The van der Waals surface area contributed by atoms with E-state index < -0.39 is 11.8 Å². The van der Waals surface area contributed by atoms with E-state index in [1.807, 2.05) is 60.7 Å². The average molecular weight is 409 g/mol. The van der Waals surface area contributed by atoms with Gasteiger partial charge in [-0.15, -0.1) is 0 Å². The summed E-state index contributed by atoms with van der Waals surface area (Å²) >= 11 is 0. The standard InChI is InChI=1S/C25H28O4.CH4/c1-16-17(2)21-13-20(16)22(24(26)28-14-18-9-5-3-6-10-18)23(21)25(27)29-15-19-11-7-4-8-12-19;/h3-12,16-17,20-23H,13-15H2,1-2H3;1H4/t16?,17?,20?,21?,22-,23+;. The highest BCUT2D eigenvalue weighted by molar-refractivity contribution is 5.84. The van der Waals surface area contributed by atoms with Crippen molar-refractivity contribution in [2.45, 2.75) is 40.9 Å². The topological polar surface area (TPSA) is 52.6 Å². The number of carbonyl (C=O) groups excluding carboxylic acids is 2. The molecule has 0 amide bonds. The van der Waals surface area contributed by atoms with E-state index in [4.69, 9.17) is 9.47 Å². The van der Waals surface area contributed by atoms with Crippen LogP contribution in [0.15, 0.2) is 60.7 Å². The van der Waals surface area contributed by atoms with E-state index in [1.165, 1.54) is 0 Å². The van der Waals surface area contributed by atoms with Gasteiger partial charge in [0.25, 0.3) is 0 Å². The van der Waals surface area contributed by atoms with Crippen molar-refractivity contribution in [3.63, 3.8) is 0 Å². The Morgan fingerprint density at radius 3 is 1.47 bits per heavy atom. The molecule has 4 rings (SSSR count). The highest BCUT2D eigenvalue weighted by atomic mass is 16.5. The van der Waals surface area contributed by atoms with Crippen LogP contribution in [0, 0.1) is 35.5 Å². The third-order valence-corrected chi connectivity index (χ3v) is 7.03. The van der Waals surface area contributed by atoms with Gasteiger partial charge < -0.3 is 9.47 Å². The van der Waals surface area contributed by atoms with Crippen LogP contribution in [0.3, 0.4) is 0 Å². The minimum atomic E-state index is -0.404.